The van der Waals surface area contributed by atoms with E-state index in [-0.39, 0.29) is 6.54 Å². The number of carbonyl (C=O) groups is 1. The maximum atomic E-state index is 12.0. The minimum atomic E-state index is -4.32. The first-order valence-electron chi connectivity index (χ1n) is 6.66. The predicted octanol–water partition coefficient (Wildman–Crippen LogP) is 2.81. The molecule has 0 aliphatic carbocycles. The summed E-state index contributed by atoms with van der Waals surface area (Å²) < 4.78 is 47.2. The zero-order chi connectivity index (χ0) is 15.3. The van der Waals surface area contributed by atoms with E-state index in [0.29, 0.717) is 30.3 Å². The molecule has 1 heterocycles. The molecule has 1 amide bonds. The average molecular weight is 303 g/mol. The van der Waals surface area contributed by atoms with Crippen molar-refractivity contribution in [2.75, 3.05) is 13.2 Å². The van der Waals surface area contributed by atoms with Crippen LogP contribution >= 0.6 is 0 Å². The topological polar surface area (TPSA) is 47.6 Å². The van der Waals surface area contributed by atoms with Gasteiger partial charge in [-0.3, -0.25) is 4.79 Å². The number of fused-ring (bicyclic) bond motifs is 1. The van der Waals surface area contributed by atoms with Crippen LogP contribution in [-0.2, 0) is 11.3 Å². The Bertz CT molecular complexity index is 503. The number of benzene rings is 1. The number of para-hydroxylation sites is 1. The summed E-state index contributed by atoms with van der Waals surface area (Å²) in [6, 6.07) is 5.26. The summed E-state index contributed by atoms with van der Waals surface area (Å²) in [5.41, 5.74) is 0.690. The van der Waals surface area contributed by atoms with Gasteiger partial charge in [0.1, 0.15) is 0 Å². The minimum Gasteiger partial charge on any atom is -0.490 e. The van der Waals surface area contributed by atoms with Gasteiger partial charge in [-0.25, -0.2) is 0 Å². The molecule has 0 saturated carbocycles. The average Bonchev–Trinajstić information content (AvgIpc) is 2.67. The van der Waals surface area contributed by atoms with E-state index in [4.69, 9.17) is 9.47 Å². The van der Waals surface area contributed by atoms with E-state index in [1.54, 1.807) is 18.2 Å². The highest BCUT2D eigenvalue weighted by Gasteiger charge is 2.27. The Morgan fingerprint density at radius 3 is 2.76 bits per heavy atom. The molecule has 0 fully saturated rings. The molecule has 0 aromatic heterocycles. The molecular weight excluding hydrogens is 287 g/mol. The predicted molar refractivity (Wildman–Crippen MR) is 69.2 cm³/mol. The maximum Gasteiger partial charge on any atom is 0.389 e. The smallest absolute Gasteiger partial charge is 0.389 e. The van der Waals surface area contributed by atoms with E-state index in [0.717, 1.165) is 6.42 Å². The summed E-state index contributed by atoms with van der Waals surface area (Å²) in [5, 5.41) is 2.47. The number of carbonyl (C=O) groups excluding carboxylic acids is 1. The van der Waals surface area contributed by atoms with E-state index in [1.807, 2.05) is 0 Å². The Morgan fingerprint density at radius 1 is 1.24 bits per heavy atom. The lowest BCUT2D eigenvalue weighted by atomic mass is 10.1. The first kappa shape index (κ1) is 15.5. The minimum absolute atomic E-state index is 0.114. The van der Waals surface area contributed by atoms with Crippen LogP contribution in [0.3, 0.4) is 0 Å². The van der Waals surface area contributed by atoms with Crippen molar-refractivity contribution in [3.8, 4) is 11.5 Å². The molecule has 4 nitrogen and oxygen atoms in total. The Kier molecular flexibility index (Phi) is 4.93. The third kappa shape index (κ3) is 4.84. The number of halogens is 3. The van der Waals surface area contributed by atoms with Gasteiger partial charge in [0.05, 0.1) is 19.6 Å². The van der Waals surface area contributed by atoms with Crippen molar-refractivity contribution in [1.82, 2.24) is 5.32 Å². The standard InChI is InChI=1S/C14H16F3NO3/c15-14(16,17)6-5-12(19)18-9-10-3-1-4-11-13(10)21-8-2-7-20-11/h1,3-4H,2,5-9H2,(H,18,19). The monoisotopic (exact) mass is 303 g/mol. The van der Waals surface area contributed by atoms with Crippen molar-refractivity contribution in [3.63, 3.8) is 0 Å². The van der Waals surface area contributed by atoms with Crippen molar-refractivity contribution >= 4 is 5.91 Å². The molecule has 0 unspecified atom stereocenters. The highest BCUT2D eigenvalue weighted by Crippen LogP contribution is 2.33. The van der Waals surface area contributed by atoms with Gasteiger partial charge >= 0.3 is 6.18 Å². The van der Waals surface area contributed by atoms with Gasteiger partial charge in [-0.2, -0.15) is 13.2 Å². The quantitative estimate of drug-likeness (QED) is 0.930. The zero-order valence-electron chi connectivity index (χ0n) is 11.3. The molecule has 1 N–H and O–H groups in total. The lowest BCUT2D eigenvalue weighted by molar-refractivity contribution is -0.144. The highest BCUT2D eigenvalue weighted by molar-refractivity contribution is 5.76. The summed E-state index contributed by atoms with van der Waals surface area (Å²) in [5.74, 6) is 0.500. The van der Waals surface area contributed by atoms with E-state index < -0.39 is 24.9 Å². The maximum absolute atomic E-state index is 12.0. The Morgan fingerprint density at radius 2 is 2.00 bits per heavy atom. The SMILES string of the molecule is O=C(CCC(F)(F)F)NCc1cccc2c1OCCCO2. The van der Waals surface area contributed by atoms with Crippen LogP contribution < -0.4 is 14.8 Å². The van der Waals surface area contributed by atoms with Gasteiger partial charge in [0, 0.05) is 24.9 Å². The van der Waals surface area contributed by atoms with Crippen LogP contribution in [0.1, 0.15) is 24.8 Å². The third-order valence-corrected chi connectivity index (χ3v) is 2.96. The van der Waals surface area contributed by atoms with Crippen LogP contribution in [0.15, 0.2) is 18.2 Å². The van der Waals surface area contributed by atoms with Crippen LogP contribution in [0.5, 0.6) is 11.5 Å². The summed E-state index contributed by atoms with van der Waals surface area (Å²) in [7, 11) is 0. The first-order valence-corrected chi connectivity index (χ1v) is 6.66. The largest absolute Gasteiger partial charge is 0.490 e. The van der Waals surface area contributed by atoms with E-state index >= 15 is 0 Å². The van der Waals surface area contributed by atoms with Crippen molar-refractivity contribution in [2.45, 2.75) is 32.0 Å². The van der Waals surface area contributed by atoms with Crippen molar-refractivity contribution in [2.24, 2.45) is 0 Å². The van der Waals surface area contributed by atoms with Gasteiger partial charge in [-0.05, 0) is 6.07 Å². The third-order valence-electron chi connectivity index (χ3n) is 2.96. The Labute approximate surface area is 120 Å². The number of amides is 1. The highest BCUT2D eigenvalue weighted by atomic mass is 19.4. The molecule has 0 atom stereocenters. The second kappa shape index (κ2) is 6.69. The van der Waals surface area contributed by atoms with Gasteiger partial charge in [-0.1, -0.05) is 12.1 Å². The fraction of sp³-hybridized carbons (Fsp3) is 0.500. The summed E-state index contributed by atoms with van der Waals surface area (Å²) in [4.78, 5) is 11.4. The van der Waals surface area contributed by atoms with Crippen LogP contribution in [0.2, 0.25) is 0 Å². The molecule has 0 spiro atoms. The molecule has 7 heteroatoms. The number of hydrogen-bond acceptors (Lipinski definition) is 3. The Hall–Kier alpha value is -1.92. The molecule has 0 radical (unpaired) electrons. The molecule has 1 aromatic rings. The van der Waals surface area contributed by atoms with Gasteiger partial charge < -0.3 is 14.8 Å². The van der Waals surface area contributed by atoms with Crippen molar-refractivity contribution in [1.29, 1.82) is 0 Å². The molecular formula is C14H16F3NO3. The van der Waals surface area contributed by atoms with E-state index in [1.165, 1.54) is 0 Å². The van der Waals surface area contributed by atoms with Crippen LogP contribution in [-0.4, -0.2) is 25.3 Å². The molecule has 2 rings (SSSR count). The Balaban J connectivity index is 1.93. The van der Waals surface area contributed by atoms with E-state index in [2.05, 4.69) is 5.32 Å². The summed E-state index contributed by atoms with van der Waals surface area (Å²) in [6.07, 6.45) is -5.26. The van der Waals surface area contributed by atoms with Gasteiger partial charge in [-0.15, -0.1) is 0 Å². The molecule has 0 saturated heterocycles. The van der Waals surface area contributed by atoms with Crippen LogP contribution in [0, 0.1) is 0 Å². The number of nitrogens with one attached hydrogen (secondary N) is 1. The fourth-order valence-electron chi connectivity index (χ4n) is 1.93. The van der Waals surface area contributed by atoms with Crippen molar-refractivity contribution in [3.05, 3.63) is 23.8 Å². The molecule has 1 aromatic carbocycles. The second-order valence-corrected chi connectivity index (χ2v) is 4.69. The van der Waals surface area contributed by atoms with Crippen molar-refractivity contribution < 1.29 is 27.4 Å². The normalized spacial score (nSPS) is 14.4. The summed E-state index contributed by atoms with van der Waals surface area (Å²) in [6.45, 7) is 1.17. The summed E-state index contributed by atoms with van der Waals surface area (Å²) >= 11 is 0. The van der Waals surface area contributed by atoms with Gasteiger partial charge in [0.25, 0.3) is 0 Å². The van der Waals surface area contributed by atoms with Gasteiger partial charge in [0.2, 0.25) is 5.91 Å². The lowest BCUT2D eigenvalue weighted by Crippen LogP contribution is -2.24. The molecule has 1 aliphatic heterocycles. The van der Waals surface area contributed by atoms with Gasteiger partial charge in [0.15, 0.2) is 11.5 Å². The molecule has 21 heavy (non-hydrogen) atoms. The number of ether oxygens (including phenoxy) is 2. The first-order chi connectivity index (χ1) is 9.96. The number of rotatable bonds is 4. The van der Waals surface area contributed by atoms with E-state index in [9.17, 15) is 18.0 Å². The second-order valence-electron chi connectivity index (χ2n) is 4.69. The van der Waals surface area contributed by atoms with Crippen LogP contribution in [0.4, 0.5) is 13.2 Å². The number of alkyl halides is 3. The molecule has 1 aliphatic rings. The molecule has 116 valence electrons. The fourth-order valence-corrected chi connectivity index (χ4v) is 1.93. The lowest BCUT2D eigenvalue weighted by Gasteiger charge is -2.13. The molecule has 0 bridgehead atoms. The number of hydrogen-bond donors (Lipinski definition) is 1. The van der Waals surface area contributed by atoms with Crippen LogP contribution in [0.25, 0.3) is 0 Å². The zero-order valence-corrected chi connectivity index (χ0v) is 11.3.